The van der Waals surface area contributed by atoms with E-state index in [1.807, 2.05) is 65.0 Å². The second kappa shape index (κ2) is 14.6. The highest BCUT2D eigenvalue weighted by atomic mass is 16.6. The van der Waals surface area contributed by atoms with Gasteiger partial charge in [0, 0.05) is 25.3 Å². The van der Waals surface area contributed by atoms with Crippen molar-refractivity contribution >= 4 is 17.7 Å². The number of ether oxygens (including phenoxy) is 2. The molecule has 0 heterocycles. The normalized spacial score (nSPS) is 16.1. The highest BCUT2D eigenvalue weighted by Gasteiger charge is 2.35. The van der Waals surface area contributed by atoms with Crippen LogP contribution < -0.4 is 15.0 Å². The van der Waals surface area contributed by atoms with Crippen molar-refractivity contribution < 1.29 is 19.1 Å². The van der Waals surface area contributed by atoms with E-state index in [2.05, 4.69) is 60.5 Å². The molecule has 1 N–H and O–H groups in total. The van der Waals surface area contributed by atoms with E-state index in [4.69, 9.17) is 9.47 Å². The average molecular weight is 578 g/mol. The molecule has 0 aliphatic heterocycles. The maximum atomic E-state index is 13.7. The molecule has 7 heteroatoms. The van der Waals surface area contributed by atoms with Gasteiger partial charge >= 0.3 is 6.09 Å². The lowest BCUT2D eigenvalue weighted by Gasteiger charge is -2.41. The molecule has 0 spiro atoms. The minimum atomic E-state index is -0.639. The first-order chi connectivity index (χ1) is 19.7. The highest BCUT2D eigenvalue weighted by Crippen LogP contribution is 2.28. The van der Waals surface area contributed by atoms with Gasteiger partial charge in [-0.15, -0.1) is 0 Å². The molecule has 0 radical (unpaired) electrons. The van der Waals surface area contributed by atoms with Gasteiger partial charge in [0.15, 0.2) is 0 Å². The lowest BCUT2D eigenvalue weighted by atomic mass is 9.96. The molecular weight excluding hydrogens is 526 g/mol. The van der Waals surface area contributed by atoms with Crippen LogP contribution in [0.2, 0.25) is 0 Å². The Morgan fingerprint density at radius 2 is 1.67 bits per heavy atom. The van der Waals surface area contributed by atoms with Gasteiger partial charge in [-0.2, -0.15) is 0 Å². The lowest BCUT2D eigenvalue weighted by molar-refractivity contribution is -0.128. The zero-order valence-electron chi connectivity index (χ0n) is 26.9. The van der Waals surface area contributed by atoms with Crippen LogP contribution in [0.5, 0.6) is 5.75 Å². The van der Waals surface area contributed by atoms with E-state index < -0.39 is 23.3 Å². The van der Waals surface area contributed by atoms with Crippen molar-refractivity contribution in [3.63, 3.8) is 0 Å². The van der Waals surface area contributed by atoms with Crippen molar-refractivity contribution in [3.8, 4) is 5.75 Å². The van der Waals surface area contributed by atoms with E-state index in [0.717, 1.165) is 36.3 Å². The van der Waals surface area contributed by atoms with Gasteiger partial charge in [-0.3, -0.25) is 9.69 Å². The van der Waals surface area contributed by atoms with Gasteiger partial charge in [0.1, 0.15) is 24.0 Å². The summed E-state index contributed by atoms with van der Waals surface area (Å²) in [7, 11) is 1.65. The molecule has 42 heavy (non-hydrogen) atoms. The highest BCUT2D eigenvalue weighted by molar-refractivity contribution is 5.86. The van der Waals surface area contributed by atoms with E-state index in [0.29, 0.717) is 19.6 Å². The number of benzene rings is 2. The van der Waals surface area contributed by atoms with E-state index >= 15 is 0 Å². The number of rotatable bonds is 12. The summed E-state index contributed by atoms with van der Waals surface area (Å²) in [4.78, 5) is 30.4. The molecule has 230 valence electrons. The Hall–Kier alpha value is -3.48. The Bertz CT molecular complexity index is 1170. The van der Waals surface area contributed by atoms with Gasteiger partial charge < -0.3 is 19.7 Å². The summed E-state index contributed by atoms with van der Waals surface area (Å²) >= 11 is 0. The summed E-state index contributed by atoms with van der Waals surface area (Å²) in [6, 6.07) is 17.9. The minimum Gasteiger partial charge on any atom is -0.489 e. The van der Waals surface area contributed by atoms with Crippen LogP contribution in [0.25, 0.3) is 0 Å². The minimum absolute atomic E-state index is 0.175. The summed E-state index contributed by atoms with van der Waals surface area (Å²) in [6.45, 7) is 14.8. The molecule has 0 fully saturated rings. The molecule has 2 amide bonds. The molecule has 2 aromatic rings. The zero-order valence-corrected chi connectivity index (χ0v) is 26.9. The summed E-state index contributed by atoms with van der Waals surface area (Å²) in [5.74, 6) is 0.863. The number of nitrogens with zero attached hydrogens (tertiary/aromatic N) is 2. The average Bonchev–Trinajstić information content (AvgIpc) is 2.93. The Balaban J connectivity index is 1.76. The van der Waals surface area contributed by atoms with Crippen LogP contribution in [0.4, 0.5) is 10.5 Å². The van der Waals surface area contributed by atoms with Gasteiger partial charge in [-0.25, -0.2) is 4.79 Å². The van der Waals surface area contributed by atoms with Crippen molar-refractivity contribution in [2.75, 3.05) is 18.5 Å². The molecular formula is C35H51N3O4. The first-order valence-corrected chi connectivity index (χ1v) is 15.2. The number of hydrogen-bond acceptors (Lipinski definition) is 5. The third kappa shape index (κ3) is 10.4. The largest absolute Gasteiger partial charge is 0.489 e. The molecule has 2 atom stereocenters. The van der Waals surface area contributed by atoms with E-state index in [-0.39, 0.29) is 17.9 Å². The number of hydrogen-bond donors (Lipinski definition) is 1. The predicted octanol–water partition coefficient (Wildman–Crippen LogP) is 7.36. The number of amides is 2. The van der Waals surface area contributed by atoms with Crippen LogP contribution in [0.3, 0.4) is 0 Å². The fraction of sp³-hybridized carbons (Fsp3) is 0.543. The summed E-state index contributed by atoms with van der Waals surface area (Å²) in [5, 5.41) is 3.27. The van der Waals surface area contributed by atoms with E-state index in [9.17, 15) is 9.59 Å². The summed E-state index contributed by atoms with van der Waals surface area (Å²) in [5.41, 5.74) is 0.987. The van der Waals surface area contributed by atoms with Crippen LogP contribution in [-0.4, -0.2) is 53.7 Å². The fourth-order valence-electron chi connectivity index (χ4n) is 5.16. The van der Waals surface area contributed by atoms with Gasteiger partial charge in [0.05, 0.1) is 5.54 Å². The summed E-state index contributed by atoms with van der Waals surface area (Å²) < 4.78 is 11.6. The fourth-order valence-corrected chi connectivity index (χ4v) is 5.16. The quantitative estimate of drug-likeness (QED) is 0.267. The number of carbonyl (C=O) groups is 2. The SMILES string of the molecule is CC(C)C[C@@H](C(=O)NC(C)(C)CN(c1ccc(OCc2ccccc2)cc1)C1C=CCCC1)N(C)C(=O)OC(C)(C)C. The maximum Gasteiger partial charge on any atom is 0.410 e. The van der Waals surface area contributed by atoms with Crippen LogP contribution in [-0.2, 0) is 16.1 Å². The molecule has 0 saturated carbocycles. The van der Waals surface area contributed by atoms with Crippen molar-refractivity contribution in [3.05, 3.63) is 72.3 Å². The van der Waals surface area contributed by atoms with Gasteiger partial charge in [0.25, 0.3) is 0 Å². The Labute approximate surface area is 253 Å². The van der Waals surface area contributed by atoms with Gasteiger partial charge in [-0.1, -0.05) is 56.3 Å². The standard InChI is InChI=1S/C35H51N3O4/c1-26(2)23-31(37(8)33(40)42-34(3,4)5)32(39)36-35(6,7)25-38(28-17-13-10-14-18-28)29-19-21-30(22-20-29)41-24-27-15-11-9-12-16-27/h9,11-13,15-17,19-22,26,28,31H,10,14,18,23-25H2,1-8H3,(H,36,39)/t28?,31-/m0/s1. The topological polar surface area (TPSA) is 71.1 Å². The molecule has 7 nitrogen and oxygen atoms in total. The summed E-state index contributed by atoms with van der Waals surface area (Å²) in [6.07, 6.45) is 7.83. The Morgan fingerprint density at radius 1 is 1.00 bits per heavy atom. The van der Waals surface area contributed by atoms with Crippen LogP contribution in [0.15, 0.2) is 66.7 Å². The maximum absolute atomic E-state index is 13.7. The van der Waals surface area contributed by atoms with Gasteiger partial charge in [-0.05, 0) is 96.0 Å². The Morgan fingerprint density at radius 3 is 2.24 bits per heavy atom. The number of nitrogens with one attached hydrogen (secondary N) is 1. The third-order valence-electron chi connectivity index (χ3n) is 7.22. The van der Waals surface area contributed by atoms with Crippen molar-refractivity contribution in [2.24, 2.45) is 5.92 Å². The van der Waals surface area contributed by atoms with E-state index in [1.54, 1.807) is 7.05 Å². The molecule has 0 saturated heterocycles. The first-order valence-electron chi connectivity index (χ1n) is 15.2. The first kappa shape index (κ1) is 33.0. The molecule has 1 aliphatic carbocycles. The smallest absolute Gasteiger partial charge is 0.410 e. The molecule has 0 bridgehead atoms. The van der Waals surface area contributed by atoms with Crippen molar-refractivity contribution in [1.29, 1.82) is 0 Å². The van der Waals surface area contributed by atoms with E-state index in [1.165, 1.54) is 4.90 Å². The number of allylic oxidation sites excluding steroid dienone is 1. The van der Waals surface area contributed by atoms with Gasteiger partial charge in [0.2, 0.25) is 5.91 Å². The Kier molecular flexibility index (Phi) is 11.5. The van der Waals surface area contributed by atoms with Crippen molar-refractivity contribution in [1.82, 2.24) is 10.2 Å². The number of carbonyl (C=O) groups excluding carboxylic acids is 2. The molecule has 0 aromatic heterocycles. The lowest BCUT2D eigenvalue weighted by Crippen LogP contribution is -2.58. The molecule has 3 rings (SSSR count). The predicted molar refractivity (Wildman–Crippen MR) is 171 cm³/mol. The number of likely N-dealkylation sites (N-methyl/N-ethyl adjacent to an activating group) is 1. The third-order valence-corrected chi connectivity index (χ3v) is 7.22. The monoisotopic (exact) mass is 577 g/mol. The van der Waals surface area contributed by atoms with Crippen molar-refractivity contribution in [2.45, 2.75) is 104 Å². The van der Waals surface area contributed by atoms with Crippen LogP contribution in [0, 0.1) is 5.92 Å². The molecule has 2 aromatic carbocycles. The van der Waals surface area contributed by atoms with Crippen LogP contribution >= 0.6 is 0 Å². The zero-order chi connectivity index (χ0) is 30.9. The van der Waals surface area contributed by atoms with Crippen LogP contribution in [0.1, 0.15) is 79.7 Å². The second-order valence-electron chi connectivity index (χ2n) is 13.4. The number of anilines is 1. The second-order valence-corrected chi connectivity index (χ2v) is 13.4. The molecule has 1 aliphatic rings. The molecule has 1 unspecified atom stereocenters.